The number of anilines is 1. The third-order valence-corrected chi connectivity index (χ3v) is 5.97. The first kappa shape index (κ1) is 23.7. The maximum atomic E-state index is 12.8. The number of benzene rings is 2. The van der Waals surface area contributed by atoms with Crippen molar-refractivity contribution in [2.45, 2.75) is 50.6 Å². The summed E-state index contributed by atoms with van der Waals surface area (Å²) < 4.78 is 12.8. The summed E-state index contributed by atoms with van der Waals surface area (Å²) in [7, 11) is 1.65. The van der Waals surface area contributed by atoms with E-state index in [1.165, 1.54) is 11.8 Å². The number of thioether (sulfide) groups is 1. The van der Waals surface area contributed by atoms with Crippen molar-refractivity contribution >= 4 is 23.4 Å². The number of carbonyl (C=O) groups excluding carboxylic acids is 1. The smallest absolute Gasteiger partial charge is 0.237 e. The molecule has 0 radical (unpaired) electrons. The zero-order chi connectivity index (χ0) is 22.9. The van der Waals surface area contributed by atoms with Crippen molar-refractivity contribution in [2.24, 2.45) is 0 Å². The number of ether oxygens (including phenoxy) is 2. The van der Waals surface area contributed by atoms with Gasteiger partial charge in [-0.05, 0) is 68.8 Å². The molecule has 0 aliphatic heterocycles. The van der Waals surface area contributed by atoms with Crippen LogP contribution in [0.25, 0.3) is 11.4 Å². The Kier molecular flexibility index (Phi) is 8.56. The van der Waals surface area contributed by atoms with Crippen molar-refractivity contribution in [3.8, 4) is 22.9 Å². The van der Waals surface area contributed by atoms with Crippen molar-refractivity contribution < 1.29 is 14.3 Å². The van der Waals surface area contributed by atoms with Gasteiger partial charge < -0.3 is 19.4 Å². The Morgan fingerprint density at radius 3 is 2.38 bits per heavy atom. The normalized spacial score (nSPS) is 11.8. The molecule has 7 nitrogen and oxygen atoms in total. The van der Waals surface area contributed by atoms with Gasteiger partial charge in [-0.2, -0.15) is 0 Å². The van der Waals surface area contributed by atoms with Crippen LogP contribution in [0.3, 0.4) is 0 Å². The van der Waals surface area contributed by atoms with Gasteiger partial charge in [0.05, 0.1) is 19.0 Å². The van der Waals surface area contributed by atoms with Crippen LogP contribution in [-0.4, -0.2) is 39.6 Å². The fourth-order valence-corrected chi connectivity index (χ4v) is 3.98. The van der Waals surface area contributed by atoms with E-state index >= 15 is 0 Å². The van der Waals surface area contributed by atoms with Crippen LogP contribution in [0, 0.1) is 0 Å². The van der Waals surface area contributed by atoms with E-state index in [1.54, 1.807) is 7.11 Å². The number of unbranched alkanes of at least 4 members (excludes halogenated alkanes) is 1. The molecule has 3 rings (SSSR count). The third-order valence-electron chi connectivity index (χ3n) is 4.88. The van der Waals surface area contributed by atoms with Crippen LogP contribution < -0.4 is 14.8 Å². The number of hydrogen-bond donors (Lipinski definition) is 1. The molecule has 1 N–H and O–H groups in total. The predicted molar refractivity (Wildman–Crippen MR) is 128 cm³/mol. The van der Waals surface area contributed by atoms with E-state index in [-0.39, 0.29) is 11.2 Å². The first-order chi connectivity index (χ1) is 15.5. The van der Waals surface area contributed by atoms with E-state index < -0.39 is 0 Å². The standard InChI is InChI=1S/C24H30N4O3S/c1-5-7-16-28-22(18-8-12-20(30-4)13-9-18)26-27-24(28)32-17(3)23(29)25-19-10-14-21(15-11-19)31-6-2/h8-15,17H,5-7,16H2,1-4H3,(H,25,29). The lowest BCUT2D eigenvalue weighted by molar-refractivity contribution is -0.115. The minimum Gasteiger partial charge on any atom is -0.497 e. The van der Waals surface area contributed by atoms with Gasteiger partial charge in [0.25, 0.3) is 0 Å². The largest absolute Gasteiger partial charge is 0.497 e. The van der Waals surface area contributed by atoms with Gasteiger partial charge in [0.1, 0.15) is 11.5 Å². The summed E-state index contributed by atoms with van der Waals surface area (Å²) in [6, 6.07) is 15.1. The zero-order valence-electron chi connectivity index (χ0n) is 19.0. The van der Waals surface area contributed by atoms with Crippen molar-refractivity contribution in [1.82, 2.24) is 14.8 Å². The van der Waals surface area contributed by atoms with Crippen molar-refractivity contribution in [2.75, 3.05) is 19.0 Å². The predicted octanol–water partition coefficient (Wildman–Crippen LogP) is 5.27. The lowest BCUT2D eigenvalue weighted by atomic mass is 10.2. The summed E-state index contributed by atoms with van der Waals surface area (Å²) in [4.78, 5) is 12.8. The molecule has 0 aliphatic rings. The van der Waals surface area contributed by atoms with Crippen LogP contribution in [0.4, 0.5) is 5.69 Å². The van der Waals surface area contributed by atoms with E-state index in [4.69, 9.17) is 9.47 Å². The van der Waals surface area contributed by atoms with Crippen LogP contribution in [0.2, 0.25) is 0 Å². The molecular formula is C24H30N4O3S. The molecule has 1 unspecified atom stereocenters. The summed E-state index contributed by atoms with van der Waals surface area (Å²) in [5.41, 5.74) is 1.70. The first-order valence-corrected chi connectivity index (χ1v) is 11.7. The number of rotatable bonds is 11. The van der Waals surface area contributed by atoms with Crippen molar-refractivity contribution in [3.63, 3.8) is 0 Å². The van der Waals surface area contributed by atoms with Gasteiger partial charge in [0, 0.05) is 17.8 Å². The second-order valence-electron chi connectivity index (χ2n) is 7.25. The SMILES string of the molecule is CCCCn1c(SC(C)C(=O)Nc2ccc(OCC)cc2)nnc1-c1ccc(OC)cc1. The highest BCUT2D eigenvalue weighted by atomic mass is 32.2. The van der Waals surface area contributed by atoms with E-state index in [1.807, 2.05) is 62.4 Å². The lowest BCUT2D eigenvalue weighted by Gasteiger charge is -2.14. The summed E-state index contributed by atoms with van der Waals surface area (Å²) in [6.07, 6.45) is 2.06. The summed E-state index contributed by atoms with van der Waals surface area (Å²) in [5.74, 6) is 2.28. The average Bonchev–Trinajstić information content (AvgIpc) is 3.21. The number of nitrogens with one attached hydrogen (secondary N) is 1. The Morgan fingerprint density at radius 2 is 1.75 bits per heavy atom. The summed E-state index contributed by atoms with van der Waals surface area (Å²) in [5, 5.41) is 12.2. The maximum Gasteiger partial charge on any atom is 0.237 e. The zero-order valence-corrected chi connectivity index (χ0v) is 19.8. The van der Waals surface area contributed by atoms with Gasteiger partial charge >= 0.3 is 0 Å². The summed E-state index contributed by atoms with van der Waals surface area (Å²) >= 11 is 1.41. The Morgan fingerprint density at radius 1 is 1.06 bits per heavy atom. The maximum absolute atomic E-state index is 12.8. The number of methoxy groups -OCH3 is 1. The first-order valence-electron chi connectivity index (χ1n) is 10.8. The van der Waals surface area contributed by atoms with Crippen LogP contribution in [-0.2, 0) is 11.3 Å². The highest BCUT2D eigenvalue weighted by molar-refractivity contribution is 8.00. The van der Waals surface area contributed by atoms with Crippen LogP contribution in [0.1, 0.15) is 33.6 Å². The highest BCUT2D eigenvalue weighted by Crippen LogP contribution is 2.29. The monoisotopic (exact) mass is 454 g/mol. The second-order valence-corrected chi connectivity index (χ2v) is 8.55. The Bertz CT molecular complexity index is 1000. The number of hydrogen-bond acceptors (Lipinski definition) is 6. The van der Waals surface area contributed by atoms with Crippen molar-refractivity contribution in [1.29, 1.82) is 0 Å². The van der Waals surface area contributed by atoms with Gasteiger partial charge in [0.15, 0.2) is 11.0 Å². The molecule has 170 valence electrons. The summed E-state index contributed by atoms with van der Waals surface area (Å²) in [6.45, 7) is 7.36. The van der Waals surface area contributed by atoms with Crippen molar-refractivity contribution in [3.05, 3.63) is 48.5 Å². The fourth-order valence-electron chi connectivity index (χ4n) is 3.10. The third kappa shape index (κ3) is 6.03. The molecule has 1 aromatic heterocycles. The lowest BCUT2D eigenvalue weighted by Crippen LogP contribution is -2.23. The highest BCUT2D eigenvalue weighted by Gasteiger charge is 2.21. The molecule has 0 saturated heterocycles. The van der Waals surface area contributed by atoms with E-state index in [0.717, 1.165) is 53.1 Å². The number of nitrogens with zero attached hydrogens (tertiary/aromatic N) is 3. The number of amides is 1. The van der Waals surface area contributed by atoms with Crippen LogP contribution in [0.5, 0.6) is 11.5 Å². The Balaban J connectivity index is 1.73. The minimum atomic E-state index is -0.338. The molecule has 1 heterocycles. The van der Waals surface area contributed by atoms with Crippen LogP contribution in [0.15, 0.2) is 53.7 Å². The molecule has 32 heavy (non-hydrogen) atoms. The molecule has 1 atom stereocenters. The van der Waals surface area contributed by atoms with Gasteiger partial charge in [-0.15, -0.1) is 10.2 Å². The van der Waals surface area contributed by atoms with E-state index in [0.29, 0.717) is 6.61 Å². The molecule has 3 aromatic rings. The Labute approximate surface area is 193 Å². The molecule has 0 bridgehead atoms. The Hall–Kier alpha value is -3.00. The molecule has 1 amide bonds. The minimum absolute atomic E-state index is 0.0878. The van der Waals surface area contributed by atoms with Gasteiger partial charge in [-0.1, -0.05) is 25.1 Å². The molecule has 2 aromatic carbocycles. The average molecular weight is 455 g/mol. The number of aromatic nitrogens is 3. The molecule has 8 heteroatoms. The molecule has 0 saturated carbocycles. The molecule has 0 spiro atoms. The fraction of sp³-hybridized carbons (Fsp3) is 0.375. The second kappa shape index (κ2) is 11.6. The van der Waals surface area contributed by atoms with Gasteiger partial charge in [0.2, 0.25) is 5.91 Å². The molecule has 0 aliphatic carbocycles. The van der Waals surface area contributed by atoms with Crippen LogP contribution >= 0.6 is 11.8 Å². The van der Waals surface area contributed by atoms with Gasteiger partial charge in [-0.3, -0.25) is 4.79 Å². The van der Waals surface area contributed by atoms with E-state index in [9.17, 15) is 4.79 Å². The van der Waals surface area contributed by atoms with Gasteiger partial charge in [-0.25, -0.2) is 0 Å². The molecular weight excluding hydrogens is 424 g/mol. The number of carbonyl (C=O) groups is 1. The topological polar surface area (TPSA) is 78.3 Å². The van der Waals surface area contributed by atoms with E-state index in [2.05, 4.69) is 27.0 Å². The quantitative estimate of drug-likeness (QED) is 0.398. The molecule has 0 fully saturated rings.